The third kappa shape index (κ3) is 2.36. The zero-order valence-electron chi connectivity index (χ0n) is 19.9. The second kappa shape index (κ2) is 6.36. The minimum absolute atomic E-state index is 0.0244. The highest BCUT2D eigenvalue weighted by atomic mass is 16.6. The average Bonchev–Trinajstić information content (AvgIpc) is 3.33. The minimum atomic E-state index is -0.160. The number of fused-ring (bicyclic) bond motifs is 6. The van der Waals surface area contributed by atoms with Gasteiger partial charge in [0.25, 0.3) is 0 Å². The van der Waals surface area contributed by atoms with Crippen molar-refractivity contribution in [1.82, 2.24) is 0 Å². The Morgan fingerprint density at radius 2 is 1.68 bits per heavy atom. The molecule has 1 aliphatic heterocycles. The van der Waals surface area contributed by atoms with E-state index in [1.54, 1.807) is 0 Å². The SMILES string of the molecule is CC(=O)O[C@@H]1CC[C@]2(C)[C@@H]3CC[C@]4(C)[C@@H](C[C@@H]5CCCC[C@@]54C(C)=O)[C@@H]3C[C@@H]3O[C@@]32C1. The second-order valence-corrected chi connectivity index (χ2v) is 12.7. The molecule has 0 amide bonds. The van der Waals surface area contributed by atoms with Crippen molar-refractivity contribution >= 4 is 11.8 Å². The topological polar surface area (TPSA) is 55.9 Å². The summed E-state index contributed by atoms with van der Waals surface area (Å²) < 4.78 is 12.2. The first kappa shape index (κ1) is 20.7. The van der Waals surface area contributed by atoms with Crippen LogP contribution in [0.25, 0.3) is 0 Å². The number of carbonyl (C=O) groups excluding carboxylic acids is 2. The normalized spacial score (nSPS) is 56.9. The molecule has 4 heteroatoms. The van der Waals surface area contributed by atoms with Crippen LogP contribution in [0.15, 0.2) is 0 Å². The Morgan fingerprint density at radius 3 is 2.42 bits per heavy atom. The van der Waals surface area contributed by atoms with Gasteiger partial charge in [0, 0.05) is 24.2 Å². The van der Waals surface area contributed by atoms with Crippen molar-refractivity contribution in [2.75, 3.05) is 0 Å². The number of epoxide rings is 1. The maximum Gasteiger partial charge on any atom is 0.302 e. The van der Waals surface area contributed by atoms with E-state index in [1.807, 2.05) is 6.92 Å². The lowest BCUT2D eigenvalue weighted by Crippen LogP contribution is -2.60. The summed E-state index contributed by atoms with van der Waals surface area (Å²) in [6, 6.07) is 0. The molecule has 172 valence electrons. The molecule has 31 heavy (non-hydrogen) atoms. The summed E-state index contributed by atoms with van der Waals surface area (Å²) >= 11 is 0. The Morgan fingerprint density at radius 1 is 0.903 bits per heavy atom. The van der Waals surface area contributed by atoms with Crippen LogP contribution < -0.4 is 0 Å². The maximum absolute atomic E-state index is 13.2. The highest BCUT2D eigenvalue weighted by molar-refractivity contribution is 5.84. The first-order chi connectivity index (χ1) is 14.7. The number of Topliss-reactive ketones (excluding diaryl/α,β-unsaturated/α-hetero) is 1. The lowest BCUT2D eigenvalue weighted by atomic mass is 9.42. The second-order valence-electron chi connectivity index (χ2n) is 12.7. The van der Waals surface area contributed by atoms with Crippen molar-refractivity contribution in [3.8, 4) is 0 Å². The zero-order chi connectivity index (χ0) is 21.8. The molecule has 10 atom stereocenters. The number of ether oxygens (including phenoxy) is 2. The van der Waals surface area contributed by atoms with Gasteiger partial charge in [-0.05, 0) is 87.4 Å². The Balaban J connectivity index is 1.33. The van der Waals surface area contributed by atoms with Gasteiger partial charge in [-0.25, -0.2) is 0 Å². The van der Waals surface area contributed by atoms with Crippen molar-refractivity contribution in [2.45, 2.75) is 116 Å². The van der Waals surface area contributed by atoms with E-state index >= 15 is 0 Å². The van der Waals surface area contributed by atoms with Crippen molar-refractivity contribution in [1.29, 1.82) is 0 Å². The summed E-state index contributed by atoms with van der Waals surface area (Å²) in [5.74, 6) is 2.98. The highest BCUT2D eigenvalue weighted by Crippen LogP contribution is 2.77. The summed E-state index contributed by atoms with van der Waals surface area (Å²) in [5.41, 5.74) is 0.235. The first-order valence-corrected chi connectivity index (χ1v) is 13.0. The number of ketones is 1. The van der Waals surface area contributed by atoms with Gasteiger partial charge in [0.05, 0.1) is 6.10 Å². The van der Waals surface area contributed by atoms with Crippen LogP contribution in [0, 0.1) is 39.9 Å². The van der Waals surface area contributed by atoms with Crippen LogP contribution in [0.2, 0.25) is 0 Å². The van der Waals surface area contributed by atoms with Crippen LogP contribution in [0.5, 0.6) is 0 Å². The van der Waals surface area contributed by atoms with Crippen LogP contribution in [-0.4, -0.2) is 29.6 Å². The molecule has 4 nitrogen and oxygen atoms in total. The molecule has 0 aromatic rings. The molecule has 0 N–H and O–H groups in total. The highest BCUT2D eigenvalue weighted by Gasteiger charge is 2.78. The van der Waals surface area contributed by atoms with Gasteiger partial charge in [-0.15, -0.1) is 0 Å². The summed E-state index contributed by atoms with van der Waals surface area (Å²) in [6.07, 6.45) is 13.1. The predicted octanol–water partition coefficient (Wildman–Crippen LogP) is 5.47. The fourth-order valence-electron chi connectivity index (χ4n) is 10.8. The van der Waals surface area contributed by atoms with Crippen molar-refractivity contribution < 1.29 is 19.1 Å². The summed E-state index contributed by atoms with van der Waals surface area (Å²) in [5, 5.41) is 0. The number of carbonyl (C=O) groups is 2. The molecule has 0 bridgehead atoms. The van der Waals surface area contributed by atoms with Gasteiger partial charge in [-0.3, -0.25) is 9.59 Å². The Bertz CT molecular complexity index is 822. The van der Waals surface area contributed by atoms with E-state index in [4.69, 9.17) is 9.47 Å². The van der Waals surface area contributed by atoms with Crippen LogP contribution in [0.3, 0.4) is 0 Å². The maximum atomic E-state index is 13.2. The van der Waals surface area contributed by atoms with Crippen LogP contribution in [-0.2, 0) is 19.1 Å². The molecule has 6 aliphatic rings. The molecule has 6 rings (SSSR count). The summed E-state index contributed by atoms with van der Waals surface area (Å²) in [7, 11) is 0. The van der Waals surface area contributed by atoms with E-state index in [0.29, 0.717) is 35.6 Å². The van der Waals surface area contributed by atoms with Crippen LogP contribution in [0.1, 0.15) is 98.3 Å². The van der Waals surface area contributed by atoms with E-state index in [0.717, 1.165) is 32.1 Å². The summed E-state index contributed by atoms with van der Waals surface area (Å²) in [6.45, 7) is 8.45. The molecule has 1 saturated heterocycles. The summed E-state index contributed by atoms with van der Waals surface area (Å²) in [4.78, 5) is 24.8. The Labute approximate surface area is 187 Å². The van der Waals surface area contributed by atoms with Crippen molar-refractivity contribution in [3.63, 3.8) is 0 Å². The van der Waals surface area contributed by atoms with Gasteiger partial charge < -0.3 is 9.47 Å². The van der Waals surface area contributed by atoms with E-state index in [9.17, 15) is 9.59 Å². The Hall–Kier alpha value is -0.900. The smallest absolute Gasteiger partial charge is 0.302 e. The first-order valence-electron chi connectivity index (χ1n) is 13.0. The third-order valence-electron chi connectivity index (χ3n) is 12.0. The van der Waals surface area contributed by atoms with Crippen LogP contribution >= 0.6 is 0 Å². The van der Waals surface area contributed by atoms with Gasteiger partial charge in [-0.2, -0.15) is 0 Å². The van der Waals surface area contributed by atoms with E-state index in [-0.39, 0.29) is 33.9 Å². The fraction of sp³-hybridized carbons (Fsp3) is 0.926. The molecule has 0 aromatic carbocycles. The van der Waals surface area contributed by atoms with E-state index in [2.05, 4.69) is 13.8 Å². The van der Waals surface area contributed by atoms with Gasteiger partial charge in [-0.1, -0.05) is 26.7 Å². The zero-order valence-corrected chi connectivity index (χ0v) is 19.9. The quantitative estimate of drug-likeness (QED) is 0.432. The predicted molar refractivity (Wildman–Crippen MR) is 117 cm³/mol. The molecule has 1 spiro atoms. The molecule has 6 fully saturated rings. The van der Waals surface area contributed by atoms with E-state index in [1.165, 1.54) is 45.4 Å². The van der Waals surface area contributed by atoms with Crippen molar-refractivity contribution in [2.24, 2.45) is 39.9 Å². The molecule has 0 radical (unpaired) electrons. The van der Waals surface area contributed by atoms with Crippen molar-refractivity contribution in [3.05, 3.63) is 0 Å². The van der Waals surface area contributed by atoms with Crippen LogP contribution in [0.4, 0.5) is 0 Å². The molecular formula is C27H40O4. The largest absolute Gasteiger partial charge is 0.462 e. The molecule has 1 heterocycles. The lowest BCUT2D eigenvalue weighted by molar-refractivity contribution is -0.163. The van der Waals surface area contributed by atoms with Gasteiger partial charge in [0.1, 0.15) is 17.5 Å². The lowest BCUT2D eigenvalue weighted by Gasteiger charge is -2.61. The Kier molecular flexibility index (Phi) is 4.25. The monoisotopic (exact) mass is 428 g/mol. The van der Waals surface area contributed by atoms with Gasteiger partial charge in [0.15, 0.2) is 0 Å². The van der Waals surface area contributed by atoms with Gasteiger partial charge >= 0.3 is 5.97 Å². The standard InChI is InChI=1S/C27H40O4/c1-16(28)26-10-6-5-7-18(26)13-22-20-14-23-27(31-23)15-19(30-17(2)29)8-11-25(27,4)21(20)9-12-24(22,26)3/h18-23H,5-15H2,1-4H3/t18-,19+,20+,21+,22-,23-,24+,25+,26+,27-/m0/s1. The fourth-order valence-corrected chi connectivity index (χ4v) is 10.8. The minimum Gasteiger partial charge on any atom is -0.462 e. The molecule has 0 unspecified atom stereocenters. The molecule has 5 saturated carbocycles. The van der Waals surface area contributed by atoms with Gasteiger partial charge in [0.2, 0.25) is 0 Å². The third-order valence-corrected chi connectivity index (χ3v) is 12.0. The molecule has 0 aromatic heterocycles. The number of hydrogen-bond donors (Lipinski definition) is 0. The number of hydrogen-bond acceptors (Lipinski definition) is 4. The molecular weight excluding hydrogens is 388 g/mol. The average molecular weight is 429 g/mol. The number of esters is 1. The molecule has 5 aliphatic carbocycles. The number of rotatable bonds is 2. The van der Waals surface area contributed by atoms with E-state index < -0.39 is 0 Å².